The van der Waals surface area contributed by atoms with Crippen LogP contribution in [0.2, 0.25) is 0 Å². The van der Waals surface area contributed by atoms with Crippen LogP contribution in [0.5, 0.6) is 0 Å². The number of hydrogen-bond acceptors (Lipinski definition) is 3. The third kappa shape index (κ3) is 4.42. The maximum absolute atomic E-state index is 13.3. The summed E-state index contributed by atoms with van der Waals surface area (Å²) in [5, 5.41) is 0. The molecule has 0 aliphatic heterocycles. The molecule has 1 unspecified atom stereocenters. The molecular formula is C23H21NO3. The lowest BCUT2D eigenvalue weighted by atomic mass is 10.0. The summed E-state index contributed by atoms with van der Waals surface area (Å²) >= 11 is 0. The molecule has 136 valence electrons. The van der Waals surface area contributed by atoms with Crippen molar-refractivity contribution < 1.29 is 14.3 Å². The molecule has 4 heteroatoms. The molecule has 3 rings (SSSR count). The summed E-state index contributed by atoms with van der Waals surface area (Å²) in [6.45, 7) is 0. The first-order valence-electron chi connectivity index (χ1n) is 8.74. The third-order valence-electron chi connectivity index (χ3n) is 4.30. The standard InChI is InChI=1S/C23H21NO3/c1-27-23(26)22(19-13-7-3-8-14-19)24(20-15-9-4-10-16-20)21(25)17-18-11-5-2-6-12-18/h2-16,22H,17H2,1H3. The van der Waals surface area contributed by atoms with Gasteiger partial charge in [-0.25, -0.2) is 4.79 Å². The lowest BCUT2D eigenvalue weighted by Gasteiger charge is -2.30. The number of benzene rings is 3. The number of para-hydroxylation sites is 1. The smallest absolute Gasteiger partial charge is 0.333 e. The number of ether oxygens (including phenoxy) is 1. The molecule has 0 saturated heterocycles. The second-order valence-corrected chi connectivity index (χ2v) is 6.10. The number of amides is 1. The van der Waals surface area contributed by atoms with Crippen LogP contribution < -0.4 is 4.90 Å². The molecule has 1 atom stereocenters. The van der Waals surface area contributed by atoms with Crippen LogP contribution >= 0.6 is 0 Å². The third-order valence-corrected chi connectivity index (χ3v) is 4.30. The van der Waals surface area contributed by atoms with Gasteiger partial charge in [-0.1, -0.05) is 78.9 Å². The van der Waals surface area contributed by atoms with Gasteiger partial charge < -0.3 is 4.74 Å². The van der Waals surface area contributed by atoms with Gasteiger partial charge in [0.25, 0.3) is 0 Å². The Bertz CT molecular complexity index is 879. The molecule has 0 heterocycles. The largest absolute Gasteiger partial charge is 0.467 e. The van der Waals surface area contributed by atoms with Gasteiger partial charge in [-0.15, -0.1) is 0 Å². The Morgan fingerprint density at radius 3 is 1.89 bits per heavy atom. The number of carbonyl (C=O) groups is 2. The van der Waals surface area contributed by atoms with Crippen LogP contribution in [0.15, 0.2) is 91.0 Å². The van der Waals surface area contributed by atoms with E-state index in [2.05, 4.69) is 0 Å². The quantitative estimate of drug-likeness (QED) is 0.621. The molecule has 0 radical (unpaired) electrons. The van der Waals surface area contributed by atoms with Crippen molar-refractivity contribution in [1.29, 1.82) is 0 Å². The topological polar surface area (TPSA) is 46.6 Å². The maximum Gasteiger partial charge on any atom is 0.333 e. The van der Waals surface area contributed by atoms with E-state index in [1.165, 1.54) is 12.0 Å². The molecule has 3 aromatic rings. The van der Waals surface area contributed by atoms with Crippen LogP contribution in [-0.4, -0.2) is 19.0 Å². The number of methoxy groups -OCH3 is 1. The summed E-state index contributed by atoms with van der Waals surface area (Å²) in [7, 11) is 1.34. The minimum absolute atomic E-state index is 0.174. The van der Waals surface area contributed by atoms with Gasteiger partial charge in [-0.05, 0) is 23.3 Å². The highest BCUT2D eigenvalue weighted by Gasteiger charge is 2.33. The van der Waals surface area contributed by atoms with Crippen molar-refractivity contribution in [3.8, 4) is 0 Å². The van der Waals surface area contributed by atoms with Gasteiger partial charge in [0.05, 0.1) is 13.5 Å². The van der Waals surface area contributed by atoms with Crippen molar-refractivity contribution in [2.45, 2.75) is 12.5 Å². The van der Waals surface area contributed by atoms with E-state index in [0.29, 0.717) is 11.3 Å². The van der Waals surface area contributed by atoms with Crippen molar-refractivity contribution in [3.05, 3.63) is 102 Å². The van der Waals surface area contributed by atoms with Crippen LogP contribution in [0.25, 0.3) is 0 Å². The first-order chi connectivity index (χ1) is 13.2. The molecule has 0 N–H and O–H groups in total. The van der Waals surface area contributed by atoms with Gasteiger partial charge in [0.1, 0.15) is 0 Å². The van der Waals surface area contributed by atoms with Gasteiger partial charge in [0.15, 0.2) is 6.04 Å². The first kappa shape index (κ1) is 18.4. The summed E-state index contributed by atoms with van der Waals surface area (Å²) in [6.07, 6.45) is 0.191. The van der Waals surface area contributed by atoms with E-state index in [0.717, 1.165) is 5.56 Å². The monoisotopic (exact) mass is 359 g/mol. The zero-order chi connectivity index (χ0) is 19.1. The predicted octanol–water partition coefficient (Wildman–Crippen LogP) is 4.18. The van der Waals surface area contributed by atoms with Gasteiger partial charge in [0, 0.05) is 5.69 Å². The SMILES string of the molecule is COC(=O)C(c1ccccc1)N(C(=O)Cc1ccccc1)c1ccccc1. The number of anilines is 1. The summed E-state index contributed by atoms with van der Waals surface area (Å²) in [5.74, 6) is -0.655. The van der Waals surface area contributed by atoms with Crippen molar-refractivity contribution in [2.75, 3.05) is 12.0 Å². The van der Waals surface area contributed by atoms with Crippen LogP contribution in [0.1, 0.15) is 17.2 Å². The normalized spacial score (nSPS) is 11.4. The fraction of sp³-hybridized carbons (Fsp3) is 0.130. The van der Waals surface area contributed by atoms with Crippen LogP contribution in [0.3, 0.4) is 0 Å². The minimum atomic E-state index is -0.852. The fourth-order valence-electron chi connectivity index (χ4n) is 3.02. The van der Waals surface area contributed by atoms with Gasteiger partial charge in [-0.2, -0.15) is 0 Å². The van der Waals surface area contributed by atoms with E-state index < -0.39 is 12.0 Å². The summed E-state index contributed by atoms with van der Waals surface area (Å²) in [4.78, 5) is 27.5. The summed E-state index contributed by atoms with van der Waals surface area (Å²) in [6, 6.07) is 27.1. The highest BCUT2D eigenvalue weighted by atomic mass is 16.5. The highest BCUT2D eigenvalue weighted by molar-refractivity contribution is 6.00. The van der Waals surface area contributed by atoms with Gasteiger partial charge >= 0.3 is 5.97 Å². The number of rotatable bonds is 6. The Balaban J connectivity index is 2.04. The second kappa shape index (κ2) is 8.81. The fourth-order valence-corrected chi connectivity index (χ4v) is 3.02. The van der Waals surface area contributed by atoms with Crippen LogP contribution in [-0.2, 0) is 20.7 Å². The minimum Gasteiger partial charge on any atom is -0.467 e. The molecule has 0 saturated carbocycles. The number of esters is 1. The van der Waals surface area contributed by atoms with E-state index in [-0.39, 0.29) is 12.3 Å². The second-order valence-electron chi connectivity index (χ2n) is 6.10. The molecule has 0 spiro atoms. The predicted molar refractivity (Wildman–Crippen MR) is 105 cm³/mol. The lowest BCUT2D eigenvalue weighted by Crippen LogP contribution is -2.40. The van der Waals surface area contributed by atoms with Crippen molar-refractivity contribution in [1.82, 2.24) is 0 Å². The number of nitrogens with zero attached hydrogens (tertiary/aromatic N) is 1. The molecule has 27 heavy (non-hydrogen) atoms. The molecule has 0 aliphatic rings. The molecule has 0 fully saturated rings. The Hall–Kier alpha value is -3.40. The molecule has 0 bridgehead atoms. The summed E-state index contributed by atoms with van der Waals surface area (Å²) < 4.78 is 5.04. The number of carbonyl (C=O) groups excluding carboxylic acids is 2. The lowest BCUT2D eigenvalue weighted by molar-refractivity contribution is -0.143. The van der Waals surface area contributed by atoms with Gasteiger partial charge in [-0.3, -0.25) is 9.69 Å². The summed E-state index contributed by atoms with van der Waals surface area (Å²) in [5.41, 5.74) is 2.24. The zero-order valence-corrected chi connectivity index (χ0v) is 15.1. The van der Waals surface area contributed by atoms with E-state index >= 15 is 0 Å². The van der Waals surface area contributed by atoms with Crippen molar-refractivity contribution >= 4 is 17.6 Å². The van der Waals surface area contributed by atoms with E-state index in [1.807, 2.05) is 91.0 Å². The van der Waals surface area contributed by atoms with E-state index in [9.17, 15) is 9.59 Å². The average molecular weight is 359 g/mol. The molecule has 0 aliphatic carbocycles. The highest BCUT2D eigenvalue weighted by Crippen LogP contribution is 2.29. The van der Waals surface area contributed by atoms with Crippen molar-refractivity contribution in [2.24, 2.45) is 0 Å². The Morgan fingerprint density at radius 2 is 1.33 bits per heavy atom. The number of hydrogen-bond donors (Lipinski definition) is 0. The Kier molecular flexibility index (Phi) is 6.00. The van der Waals surface area contributed by atoms with E-state index in [4.69, 9.17) is 4.74 Å². The maximum atomic E-state index is 13.3. The van der Waals surface area contributed by atoms with Crippen LogP contribution in [0, 0.1) is 0 Å². The van der Waals surface area contributed by atoms with Crippen molar-refractivity contribution in [3.63, 3.8) is 0 Å². The Morgan fingerprint density at radius 1 is 0.815 bits per heavy atom. The molecule has 0 aromatic heterocycles. The van der Waals surface area contributed by atoms with Crippen LogP contribution in [0.4, 0.5) is 5.69 Å². The Labute approximate surface area is 159 Å². The zero-order valence-electron chi connectivity index (χ0n) is 15.1. The van der Waals surface area contributed by atoms with Gasteiger partial charge in [0.2, 0.25) is 5.91 Å². The molecule has 4 nitrogen and oxygen atoms in total. The van der Waals surface area contributed by atoms with E-state index in [1.54, 1.807) is 0 Å². The molecule has 3 aromatic carbocycles. The molecule has 1 amide bonds. The average Bonchev–Trinajstić information content (AvgIpc) is 2.73. The first-order valence-corrected chi connectivity index (χ1v) is 8.74. The molecular weight excluding hydrogens is 338 g/mol.